The average molecular weight is 260 g/mol. The second kappa shape index (κ2) is 6.66. The molecule has 0 aliphatic carbocycles. The van der Waals surface area contributed by atoms with Crippen LogP contribution in [0.2, 0.25) is 0 Å². The van der Waals surface area contributed by atoms with Gasteiger partial charge in [-0.3, -0.25) is 0 Å². The average Bonchev–Trinajstić information content (AvgIpc) is 2.24. The van der Waals surface area contributed by atoms with Gasteiger partial charge in [-0.15, -0.1) is 0 Å². The van der Waals surface area contributed by atoms with Crippen LogP contribution >= 0.6 is 0 Å². The molecule has 4 heteroatoms. The number of unbranched alkanes of at least 4 members (excludes halogenated alkanes) is 2. The summed E-state index contributed by atoms with van der Waals surface area (Å²) in [6.07, 6.45) is -3.35. The molecule has 0 amide bonds. The number of rotatable bonds is 6. The summed E-state index contributed by atoms with van der Waals surface area (Å²) in [4.78, 5) is 0. The Kier molecular flexibility index (Phi) is 5.51. The summed E-state index contributed by atoms with van der Waals surface area (Å²) in [5, 5.41) is 0. The highest BCUT2D eigenvalue weighted by molar-refractivity contribution is 5.35. The highest BCUT2D eigenvalue weighted by atomic mass is 19.4. The van der Waals surface area contributed by atoms with E-state index in [0.29, 0.717) is 19.4 Å². The Morgan fingerprint density at radius 2 is 1.78 bits per heavy atom. The van der Waals surface area contributed by atoms with Crippen molar-refractivity contribution in [2.45, 2.75) is 45.7 Å². The first-order valence-corrected chi connectivity index (χ1v) is 6.15. The predicted molar refractivity (Wildman–Crippen MR) is 65.9 cm³/mol. The van der Waals surface area contributed by atoms with Crippen LogP contribution in [-0.2, 0) is 0 Å². The fourth-order valence-electron chi connectivity index (χ4n) is 1.75. The minimum Gasteiger partial charge on any atom is -0.493 e. The van der Waals surface area contributed by atoms with Gasteiger partial charge >= 0.3 is 6.18 Å². The van der Waals surface area contributed by atoms with Crippen molar-refractivity contribution in [3.8, 4) is 5.75 Å². The molecule has 0 aromatic heterocycles. The van der Waals surface area contributed by atoms with Crippen LogP contribution in [0.1, 0.15) is 36.8 Å². The van der Waals surface area contributed by atoms with E-state index in [-0.39, 0.29) is 6.42 Å². The van der Waals surface area contributed by atoms with Crippen LogP contribution in [-0.4, -0.2) is 12.8 Å². The van der Waals surface area contributed by atoms with Crippen molar-refractivity contribution in [3.05, 3.63) is 29.3 Å². The van der Waals surface area contributed by atoms with Crippen molar-refractivity contribution in [1.82, 2.24) is 0 Å². The molecule has 0 saturated heterocycles. The van der Waals surface area contributed by atoms with Crippen LogP contribution in [0.25, 0.3) is 0 Å². The number of alkyl halides is 3. The second-order valence-corrected chi connectivity index (χ2v) is 4.54. The minimum atomic E-state index is -4.03. The van der Waals surface area contributed by atoms with E-state index in [1.807, 2.05) is 32.0 Å². The minimum absolute atomic E-state index is 0.180. The Morgan fingerprint density at radius 3 is 2.39 bits per heavy atom. The van der Waals surface area contributed by atoms with Gasteiger partial charge in [0.05, 0.1) is 6.61 Å². The molecule has 0 N–H and O–H groups in total. The molecule has 0 aliphatic rings. The van der Waals surface area contributed by atoms with Crippen LogP contribution in [0.3, 0.4) is 0 Å². The number of ether oxygens (including phenoxy) is 1. The summed E-state index contributed by atoms with van der Waals surface area (Å²) in [5.41, 5.74) is 2.23. The summed E-state index contributed by atoms with van der Waals surface area (Å²) < 4.78 is 41.2. The summed E-state index contributed by atoms with van der Waals surface area (Å²) in [6, 6.07) is 5.89. The zero-order valence-corrected chi connectivity index (χ0v) is 10.8. The monoisotopic (exact) mass is 260 g/mol. The third-order valence-electron chi connectivity index (χ3n) is 2.69. The van der Waals surface area contributed by atoms with Crippen LogP contribution in [0.4, 0.5) is 13.2 Å². The topological polar surface area (TPSA) is 9.23 Å². The lowest BCUT2D eigenvalue weighted by molar-refractivity contribution is -0.135. The maximum absolute atomic E-state index is 11.9. The maximum Gasteiger partial charge on any atom is 0.389 e. The Labute approximate surface area is 106 Å². The van der Waals surface area contributed by atoms with Gasteiger partial charge in [-0.05, 0) is 44.7 Å². The van der Waals surface area contributed by atoms with Crippen molar-refractivity contribution in [2.75, 3.05) is 6.61 Å². The zero-order valence-electron chi connectivity index (χ0n) is 10.8. The van der Waals surface area contributed by atoms with E-state index in [1.165, 1.54) is 5.56 Å². The van der Waals surface area contributed by atoms with Gasteiger partial charge in [-0.1, -0.05) is 17.7 Å². The van der Waals surface area contributed by atoms with Crippen molar-refractivity contribution in [3.63, 3.8) is 0 Å². The molecule has 102 valence electrons. The first-order valence-electron chi connectivity index (χ1n) is 6.15. The van der Waals surface area contributed by atoms with E-state index in [0.717, 1.165) is 11.3 Å². The number of aryl methyl sites for hydroxylation is 2. The van der Waals surface area contributed by atoms with Crippen molar-refractivity contribution in [1.29, 1.82) is 0 Å². The van der Waals surface area contributed by atoms with Gasteiger partial charge in [0.25, 0.3) is 0 Å². The standard InChI is InChI=1S/C14H19F3O/c1-11-6-7-13(12(2)10-11)18-9-5-3-4-8-14(15,16)17/h6-7,10H,3-5,8-9H2,1-2H3. The van der Waals surface area contributed by atoms with E-state index < -0.39 is 12.6 Å². The number of hydrogen-bond donors (Lipinski definition) is 0. The molecular weight excluding hydrogens is 241 g/mol. The number of hydrogen-bond acceptors (Lipinski definition) is 1. The third kappa shape index (κ3) is 5.94. The highest BCUT2D eigenvalue weighted by Gasteiger charge is 2.25. The lowest BCUT2D eigenvalue weighted by atomic mass is 10.1. The quantitative estimate of drug-likeness (QED) is 0.667. The molecule has 0 atom stereocenters. The smallest absolute Gasteiger partial charge is 0.389 e. The van der Waals surface area contributed by atoms with Crippen LogP contribution in [0.5, 0.6) is 5.75 Å². The molecule has 1 rings (SSSR count). The molecule has 0 unspecified atom stereocenters. The number of benzene rings is 1. The summed E-state index contributed by atoms with van der Waals surface area (Å²) in [5.74, 6) is 0.816. The summed E-state index contributed by atoms with van der Waals surface area (Å²) in [7, 11) is 0. The largest absolute Gasteiger partial charge is 0.493 e. The fraction of sp³-hybridized carbons (Fsp3) is 0.571. The predicted octanol–water partition coefficient (Wildman–Crippen LogP) is 4.80. The normalized spacial score (nSPS) is 11.6. The van der Waals surface area contributed by atoms with E-state index in [2.05, 4.69) is 0 Å². The molecule has 0 bridgehead atoms. The highest BCUT2D eigenvalue weighted by Crippen LogP contribution is 2.23. The Morgan fingerprint density at radius 1 is 1.06 bits per heavy atom. The molecule has 0 heterocycles. The molecule has 18 heavy (non-hydrogen) atoms. The SMILES string of the molecule is Cc1ccc(OCCCCCC(F)(F)F)c(C)c1. The fourth-order valence-corrected chi connectivity index (χ4v) is 1.75. The third-order valence-corrected chi connectivity index (χ3v) is 2.69. The zero-order chi connectivity index (χ0) is 13.6. The molecule has 1 aromatic carbocycles. The van der Waals surface area contributed by atoms with E-state index in [9.17, 15) is 13.2 Å². The summed E-state index contributed by atoms with van der Waals surface area (Å²) in [6.45, 7) is 4.45. The van der Waals surface area contributed by atoms with Crippen LogP contribution in [0, 0.1) is 13.8 Å². The van der Waals surface area contributed by atoms with Gasteiger partial charge in [0, 0.05) is 6.42 Å². The molecule has 0 saturated carbocycles. The van der Waals surface area contributed by atoms with Gasteiger partial charge in [-0.2, -0.15) is 13.2 Å². The maximum atomic E-state index is 11.9. The molecule has 0 fully saturated rings. The molecule has 1 nitrogen and oxygen atoms in total. The van der Waals surface area contributed by atoms with Crippen LogP contribution < -0.4 is 4.74 Å². The molecule has 0 aliphatic heterocycles. The number of halogens is 3. The van der Waals surface area contributed by atoms with Gasteiger partial charge < -0.3 is 4.74 Å². The Hall–Kier alpha value is -1.19. The lowest BCUT2D eigenvalue weighted by Gasteiger charge is -2.10. The van der Waals surface area contributed by atoms with Crippen molar-refractivity contribution >= 4 is 0 Å². The molecular formula is C14H19F3O. The van der Waals surface area contributed by atoms with E-state index in [1.54, 1.807) is 0 Å². The van der Waals surface area contributed by atoms with Crippen molar-refractivity contribution in [2.24, 2.45) is 0 Å². The van der Waals surface area contributed by atoms with Gasteiger partial charge in [0.15, 0.2) is 0 Å². The first-order chi connectivity index (χ1) is 8.38. The first kappa shape index (κ1) is 14.9. The lowest BCUT2D eigenvalue weighted by Crippen LogP contribution is -2.07. The van der Waals surface area contributed by atoms with E-state index in [4.69, 9.17) is 4.74 Å². The van der Waals surface area contributed by atoms with Gasteiger partial charge in [0.1, 0.15) is 5.75 Å². The van der Waals surface area contributed by atoms with Gasteiger partial charge in [0.2, 0.25) is 0 Å². The summed E-state index contributed by atoms with van der Waals surface area (Å²) >= 11 is 0. The molecule has 0 spiro atoms. The molecule has 1 aromatic rings. The molecule has 0 radical (unpaired) electrons. The van der Waals surface area contributed by atoms with Crippen LogP contribution in [0.15, 0.2) is 18.2 Å². The van der Waals surface area contributed by atoms with E-state index >= 15 is 0 Å². The van der Waals surface area contributed by atoms with Crippen molar-refractivity contribution < 1.29 is 17.9 Å². The Balaban J connectivity index is 2.18. The second-order valence-electron chi connectivity index (χ2n) is 4.54. The van der Waals surface area contributed by atoms with Gasteiger partial charge in [-0.25, -0.2) is 0 Å². The Bertz CT molecular complexity index is 372.